The van der Waals surface area contributed by atoms with Gasteiger partial charge in [0.2, 0.25) is 5.91 Å². The van der Waals surface area contributed by atoms with Crippen LogP contribution in [0.3, 0.4) is 0 Å². The van der Waals surface area contributed by atoms with Crippen LogP contribution < -0.4 is 11.1 Å². The number of benzene rings is 1. The number of esters is 1. The molecule has 136 valence electrons. The smallest absolute Gasteiger partial charge is 0.355 e. The molecule has 0 spiro atoms. The van der Waals surface area contributed by atoms with Gasteiger partial charge in [-0.2, -0.15) is 0 Å². The topological polar surface area (TPSA) is 131 Å². The van der Waals surface area contributed by atoms with Crippen LogP contribution in [-0.2, 0) is 9.53 Å². The Balaban J connectivity index is 1.97. The van der Waals surface area contributed by atoms with Crippen molar-refractivity contribution in [3.05, 3.63) is 52.3 Å². The molecule has 26 heavy (non-hydrogen) atoms. The average Bonchev–Trinajstić information content (AvgIpc) is 2.87. The summed E-state index contributed by atoms with van der Waals surface area (Å²) in [5.41, 5.74) is 7.53. The van der Waals surface area contributed by atoms with Gasteiger partial charge >= 0.3 is 5.97 Å². The van der Waals surface area contributed by atoms with Gasteiger partial charge in [0, 0.05) is 22.5 Å². The number of ether oxygens (including phenoxy) is 1. The second-order valence-corrected chi connectivity index (χ2v) is 5.75. The van der Waals surface area contributed by atoms with E-state index in [0.29, 0.717) is 28.1 Å². The number of hydrogen-bond acceptors (Lipinski definition) is 5. The highest BCUT2D eigenvalue weighted by Crippen LogP contribution is 2.19. The lowest BCUT2D eigenvalue weighted by molar-refractivity contribution is -0.119. The van der Waals surface area contributed by atoms with Gasteiger partial charge in [0.1, 0.15) is 5.69 Å². The maximum Gasteiger partial charge on any atom is 0.355 e. The summed E-state index contributed by atoms with van der Waals surface area (Å²) in [4.78, 5) is 49.4. The molecular formula is C18H19N3O5. The first-order chi connectivity index (χ1) is 12.2. The van der Waals surface area contributed by atoms with E-state index in [1.807, 2.05) is 0 Å². The summed E-state index contributed by atoms with van der Waals surface area (Å²) in [5, 5.41) is 2.53. The minimum atomic E-state index is -0.725. The Morgan fingerprint density at radius 2 is 1.73 bits per heavy atom. The predicted molar refractivity (Wildman–Crippen MR) is 94.1 cm³/mol. The number of primary amides is 1. The second kappa shape index (κ2) is 7.64. The number of carbonyl (C=O) groups excluding carboxylic acids is 4. The first kappa shape index (κ1) is 18.9. The molecule has 8 nitrogen and oxygen atoms in total. The van der Waals surface area contributed by atoms with Crippen LogP contribution in [0, 0.1) is 13.8 Å². The lowest BCUT2D eigenvalue weighted by Crippen LogP contribution is -2.21. The summed E-state index contributed by atoms with van der Waals surface area (Å²) in [6.45, 7) is 4.23. The number of carbonyl (C=O) groups is 4. The number of anilines is 1. The molecule has 8 heteroatoms. The Morgan fingerprint density at radius 1 is 1.12 bits per heavy atom. The fourth-order valence-electron chi connectivity index (χ4n) is 2.60. The van der Waals surface area contributed by atoms with E-state index in [1.165, 1.54) is 31.2 Å². The number of hydrogen-bond donors (Lipinski definition) is 3. The number of aromatic amines is 1. The van der Waals surface area contributed by atoms with Gasteiger partial charge in [-0.3, -0.25) is 14.4 Å². The van der Waals surface area contributed by atoms with Crippen LogP contribution in [0.4, 0.5) is 5.69 Å². The molecule has 0 fully saturated rings. The maximum atomic E-state index is 12.1. The number of Topliss-reactive ketones (excluding diaryl/α,β-unsaturated/α-hetero) is 1. The Bertz CT molecular complexity index is 881. The lowest BCUT2D eigenvalue weighted by Gasteiger charge is -2.07. The van der Waals surface area contributed by atoms with Crippen molar-refractivity contribution in [3.63, 3.8) is 0 Å². The molecule has 0 unspecified atom stereocenters. The van der Waals surface area contributed by atoms with Gasteiger partial charge in [-0.05, 0) is 50.6 Å². The zero-order chi connectivity index (χ0) is 19.4. The van der Waals surface area contributed by atoms with E-state index >= 15 is 0 Å². The number of nitrogens with one attached hydrogen (secondary N) is 2. The highest BCUT2D eigenvalue weighted by Gasteiger charge is 2.21. The normalized spacial score (nSPS) is 10.3. The molecule has 0 aliphatic heterocycles. The summed E-state index contributed by atoms with van der Waals surface area (Å²) in [7, 11) is 0. The van der Waals surface area contributed by atoms with Gasteiger partial charge in [0.25, 0.3) is 5.91 Å². The van der Waals surface area contributed by atoms with Gasteiger partial charge in [0.15, 0.2) is 12.4 Å². The van der Waals surface area contributed by atoms with E-state index in [1.54, 1.807) is 13.8 Å². The van der Waals surface area contributed by atoms with Crippen molar-refractivity contribution in [3.8, 4) is 0 Å². The Labute approximate surface area is 149 Å². The first-order valence-electron chi connectivity index (χ1n) is 7.77. The van der Waals surface area contributed by atoms with E-state index in [-0.39, 0.29) is 11.5 Å². The summed E-state index contributed by atoms with van der Waals surface area (Å²) < 4.78 is 4.99. The van der Waals surface area contributed by atoms with Crippen LogP contribution in [0.1, 0.15) is 49.4 Å². The summed E-state index contributed by atoms with van der Waals surface area (Å²) in [6.07, 6.45) is 0. The quantitative estimate of drug-likeness (QED) is 0.535. The Morgan fingerprint density at radius 3 is 2.23 bits per heavy atom. The third-order valence-corrected chi connectivity index (χ3v) is 3.78. The van der Waals surface area contributed by atoms with Crippen molar-refractivity contribution in [2.45, 2.75) is 20.8 Å². The predicted octanol–water partition coefficient (Wildman–Crippen LogP) is 1.73. The molecule has 0 saturated heterocycles. The molecule has 1 aromatic carbocycles. The van der Waals surface area contributed by atoms with Gasteiger partial charge in [-0.25, -0.2) is 4.79 Å². The van der Waals surface area contributed by atoms with Crippen LogP contribution in [0.5, 0.6) is 0 Å². The van der Waals surface area contributed by atoms with E-state index in [9.17, 15) is 19.2 Å². The zero-order valence-electron chi connectivity index (χ0n) is 14.6. The van der Waals surface area contributed by atoms with E-state index in [4.69, 9.17) is 10.5 Å². The summed E-state index contributed by atoms with van der Waals surface area (Å²) in [5.74, 6) is -2.00. The van der Waals surface area contributed by atoms with Crippen molar-refractivity contribution >= 4 is 29.3 Å². The number of H-pyrrole nitrogens is 1. The summed E-state index contributed by atoms with van der Waals surface area (Å²) >= 11 is 0. The molecule has 4 N–H and O–H groups in total. The van der Waals surface area contributed by atoms with Crippen LogP contribution in [0.2, 0.25) is 0 Å². The highest BCUT2D eigenvalue weighted by atomic mass is 16.5. The SMILES string of the molecule is CC(=O)c1c(C)[nH]c(C(=O)OCC(=O)Nc2ccc(C(N)=O)cc2)c1C. The number of ketones is 1. The minimum Gasteiger partial charge on any atom is -0.451 e. The molecule has 0 aliphatic rings. The number of aromatic nitrogens is 1. The second-order valence-electron chi connectivity index (χ2n) is 5.75. The van der Waals surface area contributed by atoms with Crippen LogP contribution in [-0.4, -0.2) is 35.2 Å². The van der Waals surface area contributed by atoms with Gasteiger partial charge in [-0.15, -0.1) is 0 Å². The average molecular weight is 357 g/mol. The molecule has 0 radical (unpaired) electrons. The molecule has 0 saturated carbocycles. The first-order valence-corrected chi connectivity index (χ1v) is 7.77. The molecule has 2 aromatic rings. The fraction of sp³-hybridized carbons (Fsp3) is 0.222. The minimum absolute atomic E-state index is 0.145. The molecule has 1 aromatic heterocycles. The van der Waals surface area contributed by atoms with E-state index in [0.717, 1.165) is 0 Å². The third kappa shape index (κ3) is 4.15. The third-order valence-electron chi connectivity index (χ3n) is 3.78. The highest BCUT2D eigenvalue weighted by molar-refractivity contribution is 6.02. The Kier molecular flexibility index (Phi) is 5.56. The van der Waals surface area contributed by atoms with Gasteiger partial charge in [0.05, 0.1) is 0 Å². The number of aryl methyl sites for hydroxylation is 1. The van der Waals surface area contributed by atoms with Gasteiger partial charge < -0.3 is 20.8 Å². The largest absolute Gasteiger partial charge is 0.451 e. The monoisotopic (exact) mass is 357 g/mol. The zero-order valence-corrected chi connectivity index (χ0v) is 14.6. The van der Waals surface area contributed by atoms with Crippen molar-refractivity contribution in [2.24, 2.45) is 5.73 Å². The molecule has 2 amide bonds. The van der Waals surface area contributed by atoms with Crippen LogP contribution in [0.25, 0.3) is 0 Å². The van der Waals surface area contributed by atoms with Crippen molar-refractivity contribution in [1.82, 2.24) is 4.98 Å². The standard InChI is InChI=1S/C18H19N3O5/c1-9-15(11(3)22)10(2)20-16(9)18(25)26-8-14(23)21-13-6-4-12(5-7-13)17(19)24/h4-7,20H,8H2,1-3H3,(H2,19,24)(H,21,23). The molecule has 0 aliphatic carbocycles. The Hall–Kier alpha value is -3.42. The molecule has 0 bridgehead atoms. The lowest BCUT2D eigenvalue weighted by atomic mass is 10.1. The molecule has 1 heterocycles. The summed E-state index contributed by atoms with van der Waals surface area (Å²) in [6, 6.07) is 5.96. The van der Waals surface area contributed by atoms with E-state index < -0.39 is 24.4 Å². The molecular weight excluding hydrogens is 338 g/mol. The van der Waals surface area contributed by atoms with Crippen LogP contribution >= 0.6 is 0 Å². The van der Waals surface area contributed by atoms with Crippen molar-refractivity contribution in [1.29, 1.82) is 0 Å². The van der Waals surface area contributed by atoms with Crippen molar-refractivity contribution in [2.75, 3.05) is 11.9 Å². The number of rotatable bonds is 6. The maximum absolute atomic E-state index is 12.1. The fourth-order valence-corrected chi connectivity index (χ4v) is 2.60. The molecule has 0 atom stereocenters. The molecule has 2 rings (SSSR count). The number of nitrogens with two attached hydrogens (primary N) is 1. The number of amides is 2. The van der Waals surface area contributed by atoms with Crippen molar-refractivity contribution < 1.29 is 23.9 Å². The van der Waals surface area contributed by atoms with Crippen LogP contribution in [0.15, 0.2) is 24.3 Å². The van der Waals surface area contributed by atoms with E-state index in [2.05, 4.69) is 10.3 Å². The van der Waals surface area contributed by atoms with Gasteiger partial charge in [-0.1, -0.05) is 0 Å².